The molecule has 1 aromatic rings. The van der Waals surface area contributed by atoms with Gasteiger partial charge in [0.1, 0.15) is 0 Å². The lowest BCUT2D eigenvalue weighted by Crippen LogP contribution is -2.49. The third-order valence-electron chi connectivity index (χ3n) is 4.49. The number of carbonyl (C=O) groups excluding carboxylic acids is 1. The molecule has 1 aromatic heterocycles. The summed E-state index contributed by atoms with van der Waals surface area (Å²) in [6.45, 7) is 3.80. The standard InChI is InChI=1S/C13H16N2OS/c16-12(13-8-10(13)9-13)15-5-3-14(4-6-15)11-2-1-7-17-11/h1-2,7,10H,3-6,8-9H2. The average molecular weight is 248 g/mol. The molecule has 90 valence electrons. The molecule has 4 rings (SSSR count). The van der Waals surface area contributed by atoms with Gasteiger partial charge in [0, 0.05) is 26.2 Å². The maximum atomic E-state index is 12.2. The molecule has 0 unspecified atom stereocenters. The summed E-state index contributed by atoms with van der Waals surface area (Å²) in [7, 11) is 0. The summed E-state index contributed by atoms with van der Waals surface area (Å²) in [5.41, 5.74) is 0.158. The molecule has 4 heteroatoms. The van der Waals surface area contributed by atoms with Crippen LogP contribution in [0.4, 0.5) is 5.00 Å². The molecule has 2 aliphatic carbocycles. The Morgan fingerprint density at radius 1 is 1.29 bits per heavy atom. The molecule has 1 aliphatic heterocycles. The van der Waals surface area contributed by atoms with Crippen LogP contribution in [0.5, 0.6) is 0 Å². The van der Waals surface area contributed by atoms with Crippen molar-refractivity contribution in [2.24, 2.45) is 11.3 Å². The van der Waals surface area contributed by atoms with E-state index in [0.29, 0.717) is 5.91 Å². The van der Waals surface area contributed by atoms with Crippen molar-refractivity contribution in [3.8, 4) is 0 Å². The van der Waals surface area contributed by atoms with Crippen LogP contribution in [-0.2, 0) is 4.79 Å². The van der Waals surface area contributed by atoms with Gasteiger partial charge < -0.3 is 9.80 Å². The van der Waals surface area contributed by atoms with Crippen molar-refractivity contribution in [2.45, 2.75) is 12.8 Å². The van der Waals surface area contributed by atoms with Gasteiger partial charge in [-0.2, -0.15) is 0 Å². The number of amides is 1. The zero-order valence-electron chi connectivity index (χ0n) is 9.76. The molecule has 2 heterocycles. The Kier molecular flexibility index (Phi) is 1.90. The zero-order chi connectivity index (χ0) is 11.5. The molecule has 3 aliphatic rings. The predicted octanol–water partition coefficient (Wildman–Crippen LogP) is 1.81. The van der Waals surface area contributed by atoms with Crippen LogP contribution in [0.15, 0.2) is 17.5 Å². The molecule has 1 amide bonds. The first-order chi connectivity index (χ1) is 8.29. The molecule has 3 fully saturated rings. The summed E-state index contributed by atoms with van der Waals surface area (Å²) in [5.74, 6) is 1.22. The van der Waals surface area contributed by atoms with Gasteiger partial charge in [0.15, 0.2) is 0 Å². The number of piperazine rings is 1. The summed E-state index contributed by atoms with van der Waals surface area (Å²) in [5, 5.41) is 3.45. The minimum atomic E-state index is 0.158. The first-order valence-electron chi connectivity index (χ1n) is 6.37. The van der Waals surface area contributed by atoms with E-state index < -0.39 is 0 Å². The lowest BCUT2D eigenvalue weighted by atomic mass is 10.1. The second-order valence-corrected chi connectivity index (χ2v) is 6.42. The van der Waals surface area contributed by atoms with Crippen molar-refractivity contribution in [3.05, 3.63) is 17.5 Å². The minimum Gasteiger partial charge on any atom is -0.360 e. The van der Waals surface area contributed by atoms with Crippen LogP contribution in [0.25, 0.3) is 0 Å². The minimum absolute atomic E-state index is 0.158. The van der Waals surface area contributed by atoms with E-state index in [1.54, 1.807) is 11.3 Å². The van der Waals surface area contributed by atoms with E-state index in [2.05, 4.69) is 27.3 Å². The van der Waals surface area contributed by atoms with Crippen LogP contribution in [0.1, 0.15) is 12.8 Å². The Bertz CT molecular complexity index is 442. The number of hydrogen-bond donors (Lipinski definition) is 0. The Hall–Kier alpha value is -1.03. The van der Waals surface area contributed by atoms with E-state index in [4.69, 9.17) is 0 Å². The van der Waals surface area contributed by atoms with Crippen LogP contribution < -0.4 is 4.90 Å². The smallest absolute Gasteiger partial charge is 0.229 e. The van der Waals surface area contributed by atoms with E-state index in [1.165, 1.54) is 17.8 Å². The fraction of sp³-hybridized carbons (Fsp3) is 0.615. The molecule has 0 atom stereocenters. The van der Waals surface area contributed by atoms with Gasteiger partial charge in [0.2, 0.25) is 5.91 Å². The predicted molar refractivity (Wildman–Crippen MR) is 68.3 cm³/mol. The molecule has 0 aromatic carbocycles. The van der Waals surface area contributed by atoms with Gasteiger partial charge in [-0.1, -0.05) is 0 Å². The van der Waals surface area contributed by atoms with Crippen LogP contribution in [0.3, 0.4) is 0 Å². The van der Waals surface area contributed by atoms with Gasteiger partial charge in [0.25, 0.3) is 0 Å². The van der Waals surface area contributed by atoms with Gasteiger partial charge in [-0.3, -0.25) is 4.79 Å². The molecule has 1 saturated heterocycles. The average Bonchev–Trinajstić information content (AvgIpc) is 3.14. The highest BCUT2D eigenvalue weighted by Gasteiger charge is 2.75. The summed E-state index contributed by atoms with van der Waals surface area (Å²) >= 11 is 1.79. The molecule has 3 nitrogen and oxygen atoms in total. The fourth-order valence-corrected chi connectivity index (χ4v) is 3.73. The molecule has 0 radical (unpaired) electrons. The van der Waals surface area contributed by atoms with Gasteiger partial charge in [0.05, 0.1) is 10.4 Å². The molecular weight excluding hydrogens is 232 g/mol. The molecule has 0 N–H and O–H groups in total. The monoisotopic (exact) mass is 248 g/mol. The topological polar surface area (TPSA) is 23.6 Å². The largest absolute Gasteiger partial charge is 0.360 e. The Morgan fingerprint density at radius 3 is 2.53 bits per heavy atom. The van der Waals surface area contributed by atoms with Crippen molar-refractivity contribution >= 4 is 22.2 Å². The van der Waals surface area contributed by atoms with Crippen molar-refractivity contribution in [1.82, 2.24) is 4.90 Å². The number of fused-ring (bicyclic) bond motifs is 1. The summed E-state index contributed by atoms with van der Waals surface area (Å²) in [6.07, 6.45) is 2.36. The second kappa shape index (κ2) is 3.25. The fourth-order valence-electron chi connectivity index (χ4n) is 2.95. The Morgan fingerprint density at radius 2 is 2.00 bits per heavy atom. The van der Waals surface area contributed by atoms with E-state index in [-0.39, 0.29) is 5.41 Å². The van der Waals surface area contributed by atoms with Crippen LogP contribution in [-0.4, -0.2) is 37.0 Å². The van der Waals surface area contributed by atoms with E-state index >= 15 is 0 Å². The lowest BCUT2D eigenvalue weighted by Gasteiger charge is -2.36. The zero-order valence-corrected chi connectivity index (χ0v) is 10.6. The summed E-state index contributed by atoms with van der Waals surface area (Å²) in [6, 6.07) is 4.26. The maximum absolute atomic E-state index is 12.2. The number of anilines is 1. The van der Waals surface area contributed by atoms with Crippen molar-refractivity contribution < 1.29 is 4.79 Å². The molecule has 0 spiro atoms. The number of rotatable bonds is 2. The Balaban J connectivity index is 1.39. The molecule has 0 bridgehead atoms. The second-order valence-electron chi connectivity index (χ2n) is 5.49. The molecule has 17 heavy (non-hydrogen) atoms. The quantitative estimate of drug-likeness (QED) is 0.797. The third kappa shape index (κ3) is 1.43. The van der Waals surface area contributed by atoms with Crippen LogP contribution in [0, 0.1) is 11.3 Å². The lowest BCUT2D eigenvalue weighted by molar-refractivity contribution is -0.135. The van der Waals surface area contributed by atoms with Gasteiger partial charge in [-0.15, -0.1) is 11.3 Å². The maximum Gasteiger partial charge on any atom is 0.229 e. The van der Waals surface area contributed by atoms with Crippen LogP contribution >= 0.6 is 11.3 Å². The number of carbonyl (C=O) groups is 1. The number of thiophene rings is 1. The highest BCUT2D eigenvalue weighted by Crippen LogP contribution is 2.75. The van der Waals surface area contributed by atoms with Gasteiger partial charge in [-0.25, -0.2) is 0 Å². The third-order valence-corrected chi connectivity index (χ3v) is 5.42. The summed E-state index contributed by atoms with van der Waals surface area (Å²) in [4.78, 5) is 16.7. The first-order valence-corrected chi connectivity index (χ1v) is 7.25. The highest BCUT2D eigenvalue weighted by molar-refractivity contribution is 7.14. The highest BCUT2D eigenvalue weighted by atomic mass is 32.1. The first kappa shape index (κ1) is 9.95. The normalized spacial score (nSPS) is 34.5. The molecular formula is C13H16N2OS. The van der Waals surface area contributed by atoms with Gasteiger partial charge in [-0.05, 0) is 36.3 Å². The van der Waals surface area contributed by atoms with Crippen molar-refractivity contribution in [3.63, 3.8) is 0 Å². The van der Waals surface area contributed by atoms with E-state index in [1.807, 2.05) is 0 Å². The van der Waals surface area contributed by atoms with Crippen LogP contribution in [0.2, 0.25) is 0 Å². The number of nitrogens with zero attached hydrogens (tertiary/aromatic N) is 2. The number of hydrogen-bond acceptors (Lipinski definition) is 3. The van der Waals surface area contributed by atoms with E-state index in [9.17, 15) is 4.79 Å². The van der Waals surface area contributed by atoms with Gasteiger partial charge >= 0.3 is 0 Å². The van der Waals surface area contributed by atoms with Crippen molar-refractivity contribution in [2.75, 3.05) is 31.1 Å². The summed E-state index contributed by atoms with van der Waals surface area (Å²) < 4.78 is 0. The SMILES string of the molecule is O=C(N1CCN(c2cccs2)CC1)C12CC1C2. The van der Waals surface area contributed by atoms with E-state index in [0.717, 1.165) is 32.1 Å². The molecule has 2 saturated carbocycles. The Labute approximate surface area is 105 Å². The van der Waals surface area contributed by atoms with Crippen molar-refractivity contribution in [1.29, 1.82) is 0 Å².